The third-order valence-electron chi connectivity index (χ3n) is 3.79. The molecule has 2 rings (SSSR count). The van der Waals surface area contributed by atoms with Gasteiger partial charge in [0.1, 0.15) is 0 Å². The van der Waals surface area contributed by atoms with Crippen molar-refractivity contribution in [2.75, 3.05) is 6.54 Å². The van der Waals surface area contributed by atoms with E-state index in [0.29, 0.717) is 5.41 Å². The molecule has 4 heteroatoms. The topological polar surface area (TPSA) is 29.9 Å². The summed E-state index contributed by atoms with van der Waals surface area (Å²) in [6, 6.07) is 0. The lowest BCUT2D eigenvalue weighted by Gasteiger charge is -2.15. The van der Waals surface area contributed by atoms with Crippen LogP contribution in [0, 0.1) is 12.3 Å². The van der Waals surface area contributed by atoms with Gasteiger partial charge >= 0.3 is 0 Å². The van der Waals surface area contributed by atoms with Gasteiger partial charge in [0.25, 0.3) is 0 Å². The Bertz CT molecular complexity index is 394. The van der Waals surface area contributed by atoms with E-state index in [1.165, 1.54) is 31.4 Å². The number of halogens is 1. The number of nitrogens with zero attached hydrogens (tertiary/aromatic N) is 2. The van der Waals surface area contributed by atoms with Gasteiger partial charge in [-0.1, -0.05) is 13.3 Å². The van der Waals surface area contributed by atoms with Crippen molar-refractivity contribution in [1.82, 2.24) is 15.1 Å². The van der Waals surface area contributed by atoms with Crippen LogP contribution in [0.3, 0.4) is 0 Å². The van der Waals surface area contributed by atoms with Crippen molar-refractivity contribution in [2.24, 2.45) is 12.5 Å². The smallest absolute Gasteiger partial charge is 0.0739 e. The lowest BCUT2D eigenvalue weighted by atomic mass is 10.0. The summed E-state index contributed by atoms with van der Waals surface area (Å²) in [7, 11) is 2.01. The van der Waals surface area contributed by atoms with Crippen LogP contribution in [0.25, 0.3) is 0 Å². The number of aromatic nitrogens is 2. The van der Waals surface area contributed by atoms with E-state index in [1.807, 2.05) is 18.7 Å². The number of hydrogen-bond acceptors (Lipinski definition) is 2. The van der Waals surface area contributed by atoms with E-state index in [9.17, 15) is 0 Å². The zero-order valence-corrected chi connectivity index (χ0v) is 12.6. The Kier molecular flexibility index (Phi) is 3.93. The van der Waals surface area contributed by atoms with Gasteiger partial charge in [0, 0.05) is 20.1 Å². The lowest BCUT2D eigenvalue weighted by molar-refractivity contribution is 0.417. The van der Waals surface area contributed by atoms with Crippen LogP contribution in [0.5, 0.6) is 0 Å². The molecule has 0 aromatic carbocycles. The Balaban J connectivity index is 1.86. The molecule has 1 saturated carbocycles. The molecular formula is C13H22BrN3. The van der Waals surface area contributed by atoms with E-state index in [0.717, 1.165) is 23.3 Å². The van der Waals surface area contributed by atoms with E-state index in [1.54, 1.807) is 0 Å². The molecule has 0 aliphatic heterocycles. The molecule has 3 nitrogen and oxygen atoms in total. The van der Waals surface area contributed by atoms with Crippen LogP contribution in [0.1, 0.15) is 44.0 Å². The average Bonchev–Trinajstić information content (AvgIpc) is 2.99. The number of aryl methyl sites for hydroxylation is 2. The second-order valence-corrected chi connectivity index (χ2v) is 6.12. The van der Waals surface area contributed by atoms with Gasteiger partial charge in [-0.05, 0) is 47.5 Å². The van der Waals surface area contributed by atoms with Crippen LogP contribution in [-0.4, -0.2) is 16.3 Å². The first-order valence-corrected chi connectivity index (χ1v) is 7.26. The van der Waals surface area contributed by atoms with Crippen molar-refractivity contribution in [1.29, 1.82) is 0 Å². The van der Waals surface area contributed by atoms with Crippen LogP contribution in [0.2, 0.25) is 0 Å². The Morgan fingerprint density at radius 2 is 2.18 bits per heavy atom. The zero-order valence-electron chi connectivity index (χ0n) is 11.0. The molecule has 1 aromatic heterocycles. The first-order chi connectivity index (χ1) is 8.08. The Morgan fingerprint density at radius 3 is 2.65 bits per heavy atom. The summed E-state index contributed by atoms with van der Waals surface area (Å²) in [6.45, 7) is 6.37. The molecule has 1 fully saturated rings. The molecular weight excluding hydrogens is 278 g/mol. The molecule has 0 spiro atoms. The second-order valence-electron chi connectivity index (χ2n) is 5.32. The summed E-state index contributed by atoms with van der Waals surface area (Å²) < 4.78 is 3.11. The van der Waals surface area contributed by atoms with Crippen LogP contribution < -0.4 is 5.32 Å². The van der Waals surface area contributed by atoms with Crippen LogP contribution in [0.15, 0.2) is 4.47 Å². The largest absolute Gasteiger partial charge is 0.311 e. The first kappa shape index (κ1) is 13.1. The van der Waals surface area contributed by atoms with Gasteiger partial charge in [-0.15, -0.1) is 0 Å². The summed E-state index contributed by atoms with van der Waals surface area (Å²) in [5, 5.41) is 8.00. The van der Waals surface area contributed by atoms with Gasteiger partial charge < -0.3 is 5.32 Å². The minimum absolute atomic E-state index is 0.620. The van der Waals surface area contributed by atoms with Crippen molar-refractivity contribution in [3.8, 4) is 0 Å². The molecule has 0 radical (unpaired) electrons. The van der Waals surface area contributed by atoms with Gasteiger partial charge in [0.05, 0.1) is 15.9 Å². The maximum Gasteiger partial charge on any atom is 0.0739 e. The standard InChI is InChI=1S/C13H22BrN3/c1-4-5-13(6-7-13)9-15-8-11-12(14)10(2)16-17(11)3/h15H,4-9H2,1-3H3. The number of nitrogens with one attached hydrogen (secondary N) is 1. The first-order valence-electron chi connectivity index (χ1n) is 6.47. The highest BCUT2D eigenvalue weighted by Crippen LogP contribution is 2.48. The normalized spacial score (nSPS) is 17.4. The van der Waals surface area contributed by atoms with Crippen molar-refractivity contribution < 1.29 is 0 Å². The summed E-state index contributed by atoms with van der Waals surface area (Å²) in [4.78, 5) is 0. The lowest BCUT2D eigenvalue weighted by Crippen LogP contribution is -2.24. The van der Waals surface area contributed by atoms with Gasteiger partial charge in [-0.2, -0.15) is 5.10 Å². The molecule has 0 bridgehead atoms. The Hall–Kier alpha value is -0.350. The fourth-order valence-corrected chi connectivity index (χ4v) is 3.02. The van der Waals surface area contributed by atoms with Gasteiger partial charge in [-0.25, -0.2) is 0 Å². The molecule has 0 amide bonds. The van der Waals surface area contributed by atoms with Gasteiger partial charge in [-0.3, -0.25) is 4.68 Å². The second kappa shape index (κ2) is 5.11. The SMILES string of the molecule is CCCC1(CNCc2c(Br)c(C)nn2C)CC1. The molecule has 1 aromatic rings. The average molecular weight is 300 g/mol. The predicted molar refractivity (Wildman–Crippen MR) is 73.9 cm³/mol. The third-order valence-corrected chi connectivity index (χ3v) is 4.82. The minimum atomic E-state index is 0.620. The van der Waals surface area contributed by atoms with Crippen molar-refractivity contribution in [3.05, 3.63) is 15.9 Å². The summed E-state index contributed by atoms with van der Waals surface area (Å²) >= 11 is 3.60. The Morgan fingerprint density at radius 1 is 1.47 bits per heavy atom. The zero-order chi connectivity index (χ0) is 12.5. The predicted octanol–water partition coefficient (Wildman–Crippen LogP) is 3.16. The fraction of sp³-hybridized carbons (Fsp3) is 0.769. The van der Waals surface area contributed by atoms with Crippen molar-refractivity contribution in [3.63, 3.8) is 0 Å². The fourth-order valence-electron chi connectivity index (χ4n) is 2.54. The molecule has 0 atom stereocenters. The highest BCUT2D eigenvalue weighted by atomic mass is 79.9. The van der Waals surface area contributed by atoms with Gasteiger partial charge in [0.2, 0.25) is 0 Å². The van der Waals surface area contributed by atoms with Crippen LogP contribution >= 0.6 is 15.9 Å². The summed E-state index contributed by atoms with van der Waals surface area (Å²) in [5.41, 5.74) is 2.93. The van der Waals surface area contributed by atoms with E-state index in [2.05, 4.69) is 33.3 Å². The third kappa shape index (κ3) is 2.91. The van der Waals surface area contributed by atoms with E-state index >= 15 is 0 Å². The van der Waals surface area contributed by atoms with Crippen LogP contribution in [-0.2, 0) is 13.6 Å². The van der Waals surface area contributed by atoms with Crippen molar-refractivity contribution in [2.45, 2.75) is 46.1 Å². The number of rotatable bonds is 6. The maximum atomic E-state index is 4.41. The van der Waals surface area contributed by atoms with E-state index in [4.69, 9.17) is 0 Å². The highest BCUT2D eigenvalue weighted by molar-refractivity contribution is 9.10. The highest BCUT2D eigenvalue weighted by Gasteiger charge is 2.40. The molecule has 96 valence electrons. The Labute approximate surface area is 112 Å². The molecule has 1 aliphatic rings. The van der Waals surface area contributed by atoms with Gasteiger partial charge in [0.15, 0.2) is 0 Å². The minimum Gasteiger partial charge on any atom is -0.311 e. The monoisotopic (exact) mass is 299 g/mol. The van der Waals surface area contributed by atoms with E-state index in [-0.39, 0.29) is 0 Å². The maximum absolute atomic E-state index is 4.41. The molecule has 0 unspecified atom stereocenters. The molecule has 17 heavy (non-hydrogen) atoms. The molecule has 1 N–H and O–H groups in total. The summed E-state index contributed by atoms with van der Waals surface area (Å²) in [6.07, 6.45) is 5.47. The summed E-state index contributed by atoms with van der Waals surface area (Å²) in [5.74, 6) is 0. The molecule has 1 heterocycles. The van der Waals surface area contributed by atoms with E-state index < -0.39 is 0 Å². The molecule has 1 aliphatic carbocycles. The quantitative estimate of drug-likeness (QED) is 0.874. The number of hydrogen-bond donors (Lipinski definition) is 1. The van der Waals surface area contributed by atoms with Crippen molar-refractivity contribution >= 4 is 15.9 Å². The van der Waals surface area contributed by atoms with Crippen LogP contribution in [0.4, 0.5) is 0 Å². The molecule has 0 saturated heterocycles.